The molecule has 0 spiro atoms. The number of benzene rings is 4. The highest BCUT2D eigenvalue weighted by molar-refractivity contribution is 7.99. The molecule has 6 rings (SSSR count). The lowest BCUT2D eigenvalue weighted by Crippen LogP contribution is -2.31. The Bertz CT molecular complexity index is 1830. The van der Waals surface area contributed by atoms with Crippen molar-refractivity contribution in [3.05, 3.63) is 155 Å². The molecule has 3 atom stereocenters. The summed E-state index contributed by atoms with van der Waals surface area (Å²) < 4.78 is 13.1. The zero-order chi connectivity index (χ0) is 32.6. The number of thioether (sulfide) groups is 1. The third-order valence-electron chi connectivity index (χ3n) is 7.93. The zero-order valence-electron chi connectivity index (χ0n) is 25.5. The van der Waals surface area contributed by atoms with E-state index >= 15 is 0 Å². The van der Waals surface area contributed by atoms with Crippen molar-refractivity contribution in [2.45, 2.75) is 43.1 Å². The molecule has 1 aliphatic heterocycles. The summed E-state index contributed by atoms with van der Waals surface area (Å²) >= 11 is 1.35. The Hall–Kier alpha value is -4.80. The highest BCUT2D eigenvalue weighted by Crippen LogP contribution is 2.40. The maximum atomic E-state index is 12.6. The van der Waals surface area contributed by atoms with E-state index in [-0.39, 0.29) is 30.3 Å². The minimum atomic E-state index is -1.02. The maximum Gasteiger partial charge on any atom is 0.338 e. The van der Waals surface area contributed by atoms with Crippen molar-refractivity contribution in [1.82, 2.24) is 10.3 Å². The molecule has 3 N–H and O–H groups in total. The molecule has 0 radical (unpaired) electrons. The molecular weight excluding hydrogens is 612 g/mol. The second-order valence-corrected chi connectivity index (χ2v) is 12.2. The van der Waals surface area contributed by atoms with Gasteiger partial charge in [0.1, 0.15) is 5.03 Å². The first-order valence-electron chi connectivity index (χ1n) is 15.3. The first kappa shape index (κ1) is 32.2. The predicted molar refractivity (Wildman–Crippen MR) is 180 cm³/mol. The molecular formula is C38H34N2O6S. The fourth-order valence-corrected chi connectivity index (χ4v) is 6.47. The van der Waals surface area contributed by atoms with E-state index in [1.165, 1.54) is 11.8 Å². The van der Waals surface area contributed by atoms with Gasteiger partial charge in [0.2, 0.25) is 0 Å². The summed E-state index contributed by atoms with van der Waals surface area (Å²) in [5, 5.41) is 22.6. The molecule has 0 aliphatic carbocycles. The number of pyridine rings is 1. The maximum absolute atomic E-state index is 12.6. The molecule has 4 aromatic carbocycles. The van der Waals surface area contributed by atoms with Gasteiger partial charge in [-0.2, -0.15) is 0 Å². The van der Waals surface area contributed by atoms with Gasteiger partial charge >= 0.3 is 5.97 Å². The lowest BCUT2D eigenvalue weighted by molar-refractivity contribution is -0.245. The number of carboxylic acid groups (broad SMARTS) is 1. The van der Waals surface area contributed by atoms with E-state index in [0.717, 1.165) is 33.4 Å². The molecule has 1 fully saturated rings. The molecule has 2 heterocycles. The molecule has 47 heavy (non-hydrogen) atoms. The van der Waals surface area contributed by atoms with Crippen molar-refractivity contribution in [2.75, 3.05) is 5.75 Å². The van der Waals surface area contributed by atoms with Crippen LogP contribution in [-0.4, -0.2) is 38.9 Å². The van der Waals surface area contributed by atoms with Crippen LogP contribution in [0.2, 0.25) is 0 Å². The molecule has 1 aromatic heterocycles. The van der Waals surface area contributed by atoms with Gasteiger partial charge in [0.25, 0.3) is 5.91 Å². The number of nitrogens with zero attached hydrogens (tertiary/aromatic N) is 1. The highest BCUT2D eigenvalue weighted by atomic mass is 32.2. The smallest absolute Gasteiger partial charge is 0.338 e. The summed E-state index contributed by atoms with van der Waals surface area (Å²) in [6.45, 7) is 0.353. The molecule has 1 amide bonds. The number of aliphatic hydroxyl groups excluding tert-OH is 1. The number of carbonyl (C=O) groups is 2. The van der Waals surface area contributed by atoms with E-state index in [9.17, 15) is 19.8 Å². The van der Waals surface area contributed by atoms with Crippen LogP contribution in [0.25, 0.3) is 11.1 Å². The zero-order valence-corrected chi connectivity index (χ0v) is 26.3. The number of aliphatic hydroxyl groups is 1. The fourth-order valence-electron chi connectivity index (χ4n) is 5.46. The second kappa shape index (κ2) is 15.2. The molecule has 238 valence electrons. The average Bonchev–Trinajstić information content (AvgIpc) is 3.13. The van der Waals surface area contributed by atoms with Crippen molar-refractivity contribution in [1.29, 1.82) is 0 Å². The third kappa shape index (κ3) is 8.14. The number of ether oxygens (including phenoxy) is 2. The molecule has 5 aromatic rings. The molecule has 8 nitrogen and oxygen atoms in total. The molecule has 0 bridgehead atoms. The molecule has 1 saturated heterocycles. The van der Waals surface area contributed by atoms with Gasteiger partial charge in [0.15, 0.2) is 6.29 Å². The molecule has 3 unspecified atom stereocenters. The standard InChI is InChI=1S/C38H34N2O6S/c41-23-25-14-16-27(17-15-25)34-21-32(24-47-36-33(37(43)44)13-6-18-39-36)45-38(46-34)31-12-5-11-30(20-31)29-10-4-7-26(19-29)22-40-35(42)28-8-2-1-3-9-28/h1-20,32,34,38,41H,21-24H2,(H,40,42)(H,43,44). The summed E-state index contributed by atoms with van der Waals surface area (Å²) in [4.78, 5) is 28.6. The Balaban J connectivity index is 1.21. The van der Waals surface area contributed by atoms with Gasteiger partial charge in [-0.05, 0) is 64.2 Å². The Labute approximate surface area is 277 Å². The number of carbonyl (C=O) groups excluding carboxylic acids is 1. The van der Waals surface area contributed by atoms with Gasteiger partial charge in [-0.1, -0.05) is 78.9 Å². The number of carboxylic acids is 1. The van der Waals surface area contributed by atoms with E-state index in [1.807, 2.05) is 78.9 Å². The fraction of sp³-hybridized carbons (Fsp3) is 0.184. The van der Waals surface area contributed by atoms with Crippen LogP contribution in [0.4, 0.5) is 0 Å². The van der Waals surface area contributed by atoms with E-state index in [1.54, 1.807) is 30.5 Å². The van der Waals surface area contributed by atoms with Crippen LogP contribution < -0.4 is 5.32 Å². The topological polar surface area (TPSA) is 118 Å². The summed E-state index contributed by atoms with van der Waals surface area (Å²) in [5.41, 5.74) is 6.35. The summed E-state index contributed by atoms with van der Waals surface area (Å²) in [6.07, 6.45) is 0.937. The van der Waals surface area contributed by atoms with Gasteiger partial charge in [-0.25, -0.2) is 9.78 Å². The van der Waals surface area contributed by atoms with Crippen LogP contribution in [0.3, 0.4) is 0 Å². The monoisotopic (exact) mass is 646 g/mol. The first-order chi connectivity index (χ1) is 23.0. The average molecular weight is 647 g/mol. The normalized spacial score (nSPS) is 17.6. The van der Waals surface area contributed by atoms with E-state index in [4.69, 9.17) is 9.47 Å². The van der Waals surface area contributed by atoms with E-state index in [0.29, 0.717) is 29.3 Å². The Morgan fingerprint density at radius 1 is 0.809 bits per heavy atom. The van der Waals surface area contributed by atoms with Crippen LogP contribution in [0, 0.1) is 0 Å². The predicted octanol–water partition coefficient (Wildman–Crippen LogP) is 7.21. The van der Waals surface area contributed by atoms with Gasteiger partial charge < -0.3 is 25.0 Å². The van der Waals surface area contributed by atoms with Gasteiger partial charge in [-0.3, -0.25) is 4.79 Å². The first-order valence-corrected chi connectivity index (χ1v) is 16.3. The summed E-state index contributed by atoms with van der Waals surface area (Å²) in [5.74, 6) is -0.661. The van der Waals surface area contributed by atoms with Crippen LogP contribution in [0.15, 0.2) is 126 Å². The Morgan fingerprint density at radius 3 is 2.34 bits per heavy atom. The number of amides is 1. The van der Waals surface area contributed by atoms with Gasteiger partial charge in [-0.15, -0.1) is 11.8 Å². The summed E-state index contributed by atoms with van der Waals surface area (Å²) in [7, 11) is 0. The lowest BCUT2D eigenvalue weighted by Gasteiger charge is -2.36. The van der Waals surface area contributed by atoms with Crippen LogP contribution in [0.1, 0.15) is 61.8 Å². The van der Waals surface area contributed by atoms with Crippen LogP contribution >= 0.6 is 11.8 Å². The largest absolute Gasteiger partial charge is 0.478 e. The number of aromatic carboxylic acids is 1. The minimum Gasteiger partial charge on any atom is -0.478 e. The minimum absolute atomic E-state index is 0.0415. The van der Waals surface area contributed by atoms with E-state index in [2.05, 4.69) is 22.4 Å². The van der Waals surface area contributed by atoms with Gasteiger partial charge in [0, 0.05) is 36.0 Å². The number of nitrogens with one attached hydrogen (secondary N) is 1. The Kier molecular flexibility index (Phi) is 10.4. The number of hydrogen-bond acceptors (Lipinski definition) is 7. The van der Waals surface area contributed by atoms with Crippen molar-refractivity contribution >= 4 is 23.6 Å². The van der Waals surface area contributed by atoms with Crippen LogP contribution in [0.5, 0.6) is 0 Å². The number of hydrogen-bond donors (Lipinski definition) is 3. The summed E-state index contributed by atoms with van der Waals surface area (Å²) in [6, 6.07) is 36.1. The Morgan fingerprint density at radius 2 is 1.57 bits per heavy atom. The SMILES string of the molecule is O=C(NCc1cccc(-c2cccc(C3OC(CSc4ncccc4C(=O)O)CC(c4ccc(CO)cc4)O3)c2)c1)c1ccccc1. The molecule has 0 saturated carbocycles. The van der Waals surface area contributed by atoms with Crippen molar-refractivity contribution in [3.63, 3.8) is 0 Å². The van der Waals surface area contributed by atoms with Crippen molar-refractivity contribution in [2.24, 2.45) is 0 Å². The molecule has 1 aliphatic rings. The quantitative estimate of drug-likeness (QED) is 0.129. The molecule has 9 heteroatoms. The number of aromatic nitrogens is 1. The van der Waals surface area contributed by atoms with Crippen LogP contribution in [-0.2, 0) is 22.6 Å². The van der Waals surface area contributed by atoms with E-state index < -0.39 is 12.3 Å². The van der Waals surface area contributed by atoms with Crippen molar-refractivity contribution < 1.29 is 29.3 Å². The second-order valence-electron chi connectivity index (χ2n) is 11.2. The van der Waals surface area contributed by atoms with Gasteiger partial charge in [0.05, 0.1) is 24.4 Å². The lowest BCUT2D eigenvalue weighted by atomic mass is 9.99. The highest BCUT2D eigenvalue weighted by Gasteiger charge is 2.33. The third-order valence-corrected chi connectivity index (χ3v) is 9.07. The van der Waals surface area contributed by atoms with Crippen molar-refractivity contribution in [3.8, 4) is 11.1 Å². The number of rotatable bonds is 11.